The van der Waals surface area contributed by atoms with Gasteiger partial charge in [0, 0.05) is 17.8 Å². The van der Waals surface area contributed by atoms with Crippen molar-refractivity contribution in [3.05, 3.63) is 64.9 Å². The number of anilines is 5. The molecule has 3 aromatic rings. The minimum atomic E-state index is 0.417. The molecule has 24 heavy (non-hydrogen) atoms. The molecule has 0 fully saturated rings. The van der Waals surface area contributed by atoms with Gasteiger partial charge in [0.05, 0.1) is 10.7 Å². The molecule has 5 nitrogen and oxygen atoms in total. The Morgan fingerprint density at radius 3 is 2.54 bits per heavy atom. The maximum Gasteiger partial charge on any atom is 0.161 e. The summed E-state index contributed by atoms with van der Waals surface area (Å²) in [5.41, 5.74) is 8.26. The first-order chi connectivity index (χ1) is 11.6. The normalized spacial score (nSPS) is 10.5. The third-order valence-electron chi connectivity index (χ3n) is 3.51. The van der Waals surface area contributed by atoms with E-state index in [1.165, 1.54) is 6.33 Å². The van der Waals surface area contributed by atoms with Crippen molar-refractivity contribution in [3.63, 3.8) is 0 Å². The van der Waals surface area contributed by atoms with Gasteiger partial charge in [-0.1, -0.05) is 41.4 Å². The Morgan fingerprint density at radius 1 is 1.04 bits per heavy atom. The van der Waals surface area contributed by atoms with Gasteiger partial charge in [0.15, 0.2) is 11.6 Å². The number of benzene rings is 2. The zero-order chi connectivity index (χ0) is 17.1. The Morgan fingerprint density at radius 2 is 1.79 bits per heavy atom. The van der Waals surface area contributed by atoms with Crippen LogP contribution in [0.15, 0.2) is 54.9 Å². The fourth-order valence-corrected chi connectivity index (χ4v) is 2.58. The highest BCUT2D eigenvalue weighted by atomic mass is 35.5. The predicted molar refractivity (Wildman–Crippen MR) is 101 cm³/mol. The number of aromatic nitrogens is 2. The van der Waals surface area contributed by atoms with Crippen LogP contribution in [-0.4, -0.2) is 17.0 Å². The van der Waals surface area contributed by atoms with Gasteiger partial charge in [-0.2, -0.15) is 0 Å². The highest BCUT2D eigenvalue weighted by Gasteiger charge is 2.14. The van der Waals surface area contributed by atoms with Gasteiger partial charge in [-0.05, 0) is 30.3 Å². The van der Waals surface area contributed by atoms with E-state index in [1.807, 2.05) is 42.3 Å². The van der Waals surface area contributed by atoms with E-state index in [1.54, 1.807) is 18.2 Å². The molecule has 0 aliphatic rings. The molecule has 0 aliphatic heterocycles. The average Bonchev–Trinajstić information content (AvgIpc) is 2.60. The van der Waals surface area contributed by atoms with E-state index in [9.17, 15) is 0 Å². The number of hydrogen-bond acceptors (Lipinski definition) is 5. The van der Waals surface area contributed by atoms with Crippen molar-refractivity contribution in [1.29, 1.82) is 0 Å². The van der Waals surface area contributed by atoms with Crippen LogP contribution < -0.4 is 16.0 Å². The Bertz CT molecular complexity index is 855. The third kappa shape index (κ3) is 3.37. The number of nitrogens with one attached hydrogen (secondary N) is 1. The van der Waals surface area contributed by atoms with Crippen LogP contribution in [0.1, 0.15) is 0 Å². The van der Waals surface area contributed by atoms with Crippen LogP contribution in [0.25, 0.3) is 0 Å². The summed E-state index contributed by atoms with van der Waals surface area (Å²) >= 11 is 12.2. The molecule has 0 aliphatic carbocycles. The van der Waals surface area contributed by atoms with E-state index >= 15 is 0 Å². The van der Waals surface area contributed by atoms with Gasteiger partial charge in [-0.15, -0.1) is 0 Å². The number of para-hydroxylation sites is 1. The number of halogens is 2. The molecule has 0 radical (unpaired) electrons. The van der Waals surface area contributed by atoms with Gasteiger partial charge in [0.2, 0.25) is 0 Å². The smallest absolute Gasteiger partial charge is 0.161 e. The monoisotopic (exact) mass is 359 g/mol. The van der Waals surface area contributed by atoms with Gasteiger partial charge in [-0.25, -0.2) is 9.97 Å². The van der Waals surface area contributed by atoms with E-state index in [4.69, 9.17) is 28.9 Å². The predicted octanol–water partition coefficient (Wildman–Crippen LogP) is 4.88. The van der Waals surface area contributed by atoms with Crippen molar-refractivity contribution in [2.75, 3.05) is 23.0 Å². The van der Waals surface area contributed by atoms with Crippen LogP contribution >= 0.6 is 23.2 Å². The zero-order valence-electron chi connectivity index (χ0n) is 12.9. The lowest BCUT2D eigenvalue weighted by Gasteiger charge is -2.21. The molecule has 0 unspecified atom stereocenters. The number of nitrogens with two attached hydrogens (primary N) is 1. The quantitative estimate of drug-likeness (QED) is 0.694. The number of rotatable bonds is 4. The van der Waals surface area contributed by atoms with Crippen LogP contribution in [0.5, 0.6) is 0 Å². The molecule has 122 valence electrons. The van der Waals surface area contributed by atoms with Crippen LogP contribution in [-0.2, 0) is 0 Å². The summed E-state index contributed by atoms with van der Waals surface area (Å²) in [5.74, 6) is 1.06. The van der Waals surface area contributed by atoms with Crippen molar-refractivity contribution in [2.45, 2.75) is 0 Å². The second kappa shape index (κ2) is 6.95. The van der Waals surface area contributed by atoms with Crippen molar-refractivity contribution in [1.82, 2.24) is 9.97 Å². The second-order valence-corrected chi connectivity index (χ2v) is 5.95. The zero-order valence-corrected chi connectivity index (χ0v) is 14.4. The van der Waals surface area contributed by atoms with Crippen molar-refractivity contribution < 1.29 is 0 Å². The fourth-order valence-electron chi connectivity index (χ4n) is 2.25. The van der Waals surface area contributed by atoms with Crippen molar-refractivity contribution in [2.24, 2.45) is 0 Å². The Kier molecular flexibility index (Phi) is 4.74. The summed E-state index contributed by atoms with van der Waals surface area (Å²) in [6.07, 6.45) is 1.45. The fraction of sp³-hybridized carbons (Fsp3) is 0.0588. The van der Waals surface area contributed by atoms with Gasteiger partial charge in [-0.3, -0.25) is 0 Å². The average molecular weight is 360 g/mol. The molecular formula is C17H15Cl2N5. The topological polar surface area (TPSA) is 67.1 Å². The summed E-state index contributed by atoms with van der Waals surface area (Å²) in [4.78, 5) is 10.4. The second-order valence-electron chi connectivity index (χ2n) is 5.10. The number of hydrogen-bond donors (Lipinski definition) is 2. The van der Waals surface area contributed by atoms with Gasteiger partial charge >= 0.3 is 0 Å². The molecule has 3 N–H and O–H groups in total. The van der Waals surface area contributed by atoms with Crippen molar-refractivity contribution in [3.8, 4) is 0 Å². The molecule has 1 aromatic heterocycles. The Balaban J connectivity index is 1.95. The minimum absolute atomic E-state index is 0.417. The lowest BCUT2D eigenvalue weighted by atomic mass is 10.2. The van der Waals surface area contributed by atoms with Crippen LogP contribution in [0, 0.1) is 0 Å². The molecule has 0 atom stereocenters. The summed E-state index contributed by atoms with van der Waals surface area (Å²) < 4.78 is 0. The van der Waals surface area contributed by atoms with E-state index in [2.05, 4.69) is 15.3 Å². The van der Waals surface area contributed by atoms with Gasteiger partial charge in [0.1, 0.15) is 12.0 Å². The van der Waals surface area contributed by atoms with E-state index < -0.39 is 0 Å². The van der Waals surface area contributed by atoms with E-state index in [-0.39, 0.29) is 0 Å². The number of nitrogen functional groups attached to an aromatic ring is 1. The molecule has 7 heteroatoms. The largest absolute Gasteiger partial charge is 0.393 e. The Hall–Kier alpha value is -2.50. The summed E-state index contributed by atoms with van der Waals surface area (Å²) in [5, 5.41) is 4.20. The number of nitrogens with zero attached hydrogens (tertiary/aromatic N) is 3. The molecule has 0 saturated heterocycles. The van der Waals surface area contributed by atoms with Crippen molar-refractivity contribution >= 4 is 51.9 Å². The highest BCUT2D eigenvalue weighted by Crippen LogP contribution is 2.34. The maximum absolute atomic E-state index is 6.25. The molecule has 3 rings (SSSR count). The van der Waals surface area contributed by atoms with Gasteiger partial charge in [0.25, 0.3) is 0 Å². The molecule has 0 saturated carbocycles. The summed E-state index contributed by atoms with van der Waals surface area (Å²) in [6, 6.07) is 14.9. The first-order valence-corrected chi connectivity index (χ1v) is 7.93. The first-order valence-electron chi connectivity index (χ1n) is 7.17. The lowest BCUT2D eigenvalue weighted by molar-refractivity contribution is 1.09. The summed E-state index contributed by atoms with van der Waals surface area (Å²) in [7, 11) is 1.89. The third-order valence-corrected chi connectivity index (χ3v) is 4.07. The van der Waals surface area contributed by atoms with E-state index in [0.29, 0.717) is 33.1 Å². The standard InChI is InChI=1S/C17H15Cl2N5/c1-24(12-5-3-2-4-6-12)17-15(20)16(21-10-22-17)23-14-9-11(18)7-8-13(14)19/h2-10H,20H2,1H3,(H,21,22,23). The molecule has 0 amide bonds. The first kappa shape index (κ1) is 16.4. The molecule has 0 bridgehead atoms. The Labute approximate surface area is 150 Å². The lowest BCUT2D eigenvalue weighted by Crippen LogP contribution is -2.15. The van der Waals surface area contributed by atoms with Crippen LogP contribution in [0.4, 0.5) is 28.7 Å². The molecule has 1 heterocycles. The SMILES string of the molecule is CN(c1ccccc1)c1ncnc(Nc2cc(Cl)ccc2Cl)c1N. The van der Waals surface area contributed by atoms with Gasteiger partial charge < -0.3 is 16.0 Å². The molecule has 2 aromatic carbocycles. The molecular weight excluding hydrogens is 345 g/mol. The minimum Gasteiger partial charge on any atom is -0.393 e. The molecule has 0 spiro atoms. The van der Waals surface area contributed by atoms with Crippen LogP contribution in [0.2, 0.25) is 10.0 Å². The highest BCUT2D eigenvalue weighted by molar-refractivity contribution is 6.35. The maximum atomic E-state index is 6.25. The summed E-state index contributed by atoms with van der Waals surface area (Å²) in [6.45, 7) is 0. The van der Waals surface area contributed by atoms with E-state index in [0.717, 1.165) is 5.69 Å². The van der Waals surface area contributed by atoms with Crippen LogP contribution in [0.3, 0.4) is 0 Å².